The number of aryl methyl sites for hydroxylation is 2. The Hall–Kier alpha value is -3.09. The van der Waals surface area contributed by atoms with Crippen LogP contribution in [0, 0.1) is 13.8 Å². The van der Waals surface area contributed by atoms with Gasteiger partial charge in [0.2, 0.25) is 0 Å². The third-order valence-corrected chi connectivity index (χ3v) is 9.85. The molecule has 0 aliphatic rings. The Morgan fingerprint density at radius 1 is 0.444 bits per heavy atom. The van der Waals surface area contributed by atoms with Crippen molar-refractivity contribution in [3.05, 3.63) is 112 Å². The van der Waals surface area contributed by atoms with E-state index in [4.69, 9.17) is 9.05 Å². The number of rotatable bonds is 6. The van der Waals surface area contributed by atoms with Crippen LogP contribution in [0.3, 0.4) is 0 Å². The maximum atomic E-state index is 7.17. The molecule has 0 spiro atoms. The van der Waals surface area contributed by atoms with Crippen LogP contribution in [0.2, 0.25) is 0 Å². The molecule has 4 rings (SSSR count). The van der Waals surface area contributed by atoms with Gasteiger partial charge >= 0.3 is 8.38 Å². The van der Waals surface area contributed by atoms with Crippen molar-refractivity contribution in [2.45, 2.75) is 119 Å². The second kappa shape index (κ2) is 12.6. The Bertz CT molecular complexity index is 1540. The van der Waals surface area contributed by atoms with E-state index in [1.54, 1.807) is 0 Å². The van der Waals surface area contributed by atoms with E-state index in [9.17, 15) is 0 Å². The summed E-state index contributed by atoms with van der Waals surface area (Å²) in [6, 6.07) is 28.5. The van der Waals surface area contributed by atoms with Crippen LogP contribution >= 0.6 is 8.38 Å². The lowest BCUT2D eigenvalue weighted by Crippen LogP contribution is -2.21. The van der Waals surface area contributed by atoms with Crippen molar-refractivity contribution in [3.63, 3.8) is 0 Å². The van der Waals surface area contributed by atoms with Gasteiger partial charge in [-0.2, -0.15) is 0 Å². The van der Waals surface area contributed by atoms with Gasteiger partial charge in [0.05, 0.1) is 5.30 Å². The zero-order chi connectivity index (χ0) is 33.5. The van der Waals surface area contributed by atoms with Crippen LogP contribution in [0.4, 0.5) is 0 Å². The van der Waals surface area contributed by atoms with Crippen LogP contribution in [-0.4, -0.2) is 0 Å². The Morgan fingerprint density at radius 3 is 1.18 bits per heavy atom. The Morgan fingerprint density at radius 2 is 0.822 bits per heavy atom. The van der Waals surface area contributed by atoms with Crippen molar-refractivity contribution < 1.29 is 9.05 Å². The first kappa shape index (κ1) is 34.8. The van der Waals surface area contributed by atoms with E-state index in [2.05, 4.69) is 176 Å². The van der Waals surface area contributed by atoms with Gasteiger partial charge in [0.1, 0.15) is 11.5 Å². The molecule has 45 heavy (non-hydrogen) atoms. The van der Waals surface area contributed by atoms with Crippen molar-refractivity contribution in [2.24, 2.45) is 0 Å². The van der Waals surface area contributed by atoms with Crippen LogP contribution in [0.15, 0.2) is 78.9 Å². The highest BCUT2D eigenvalue weighted by atomic mass is 31.2. The lowest BCUT2D eigenvalue weighted by Gasteiger charge is -2.32. The zero-order valence-corrected chi connectivity index (χ0v) is 31.2. The lowest BCUT2D eigenvalue weighted by atomic mass is 9.79. The molecule has 3 heteroatoms. The standard InChI is InChI=1S/C42H55O2P/c1-28-24-32(39(3,4)5)26-35(41(9,10)11)37(28)43-45(34-22-20-31(21-23-34)30-18-16-15-17-19-30)44-38-29(2)25-33(40(6,7)8)27-36(38)42(12,13)14/h15-27H,1-14H3. The largest absolute Gasteiger partial charge is 0.435 e. The first-order valence-electron chi connectivity index (χ1n) is 16.3. The molecule has 2 nitrogen and oxygen atoms in total. The van der Waals surface area contributed by atoms with E-state index >= 15 is 0 Å². The first-order valence-corrected chi connectivity index (χ1v) is 17.5. The molecule has 240 valence electrons. The molecular weight excluding hydrogens is 567 g/mol. The Balaban J connectivity index is 1.90. The van der Waals surface area contributed by atoms with Crippen LogP contribution in [-0.2, 0) is 21.7 Å². The molecule has 0 N–H and O–H groups in total. The van der Waals surface area contributed by atoms with Crippen molar-refractivity contribution in [1.29, 1.82) is 0 Å². The molecule has 0 saturated heterocycles. The first-order chi connectivity index (χ1) is 20.7. The van der Waals surface area contributed by atoms with E-state index in [1.165, 1.54) is 33.4 Å². The van der Waals surface area contributed by atoms with Gasteiger partial charge in [0, 0.05) is 11.1 Å². The second-order valence-corrected chi connectivity index (χ2v) is 18.1. The molecular formula is C42H55O2P. The van der Waals surface area contributed by atoms with Gasteiger partial charge in [-0.15, -0.1) is 0 Å². The van der Waals surface area contributed by atoms with E-state index in [0.29, 0.717) is 0 Å². The Labute approximate surface area is 275 Å². The third-order valence-electron chi connectivity index (χ3n) is 8.43. The van der Waals surface area contributed by atoms with Gasteiger partial charge in [-0.1, -0.05) is 150 Å². The van der Waals surface area contributed by atoms with E-state index in [1.807, 2.05) is 0 Å². The molecule has 4 aromatic rings. The smallest absolute Gasteiger partial charge is 0.326 e. The molecule has 0 saturated carbocycles. The molecule has 0 aromatic heterocycles. The predicted molar refractivity (Wildman–Crippen MR) is 197 cm³/mol. The van der Waals surface area contributed by atoms with Gasteiger partial charge in [-0.05, 0) is 81.0 Å². The fourth-order valence-electron chi connectivity index (χ4n) is 5.47. The SMILES string of the molecule is Cc1cc(C(C)(C)C)cc(C(C)(C)C)c1OP(Oc1c(C)cc(C(C)(C)C)cc1C(C)(C)C)c1ccc(-c2ccccc2)cc1. The fourth-order valence-corrected chi connectivity index (χ4v) is 6.92. The monoisotopic (exact) mass is 622 g/mol. The molecule has 0 aliphatic carbocycles. The summed E-state index contributed by atoms with van der Waals surface area (Å²) in [7, 11) is -1.52. The predicted octanol–water partition coefficient (Wildman–Crippen LogP) is 12.3. The normalized spacial score (nSPS) is 12.9. The summed E-state index contributed by atoms with van der Waals surface area (Å²) < 4.78 is 14.3. The summed E-state index contributed by atoms with van der Waals surface area (Å²) in [5.41, 5.74) is 9.55. The van der Waals surface area contributed by atoms with Crippen LogP contribution in [0.25, 0.3) is 11.1 Å². The summed E-state index contributed by atoms with van der Waals surface area (Å²) in [6.45, 7) is 31.6. The Kier molecular flexibility index (Phi) is 9.74. The summed E-state index contributed by atoms with van der Waals surface area (Å²) >= 11 is 0. The molecule has 4 aromatic carbocycles. The van der Waals surface area contributed by atoms with Gasteiger partial charge in [0.25, 0.3) is 0 Å². The van der Waals surface area contributed by atoms with Crippen LogP contribution in [0.1, 0.15) is 116 Å². The highest BCUT2D eigenvalue weighted by molar-refractivity contribution is 7.56. The maximum absolute atomic E-state index is 7.17. The molecule has 0 amide bonds. The number of hydrogen-bond acceptors (Lipinski definition) is 2. The highest BCUT2D eigenvalue weighted by Gasteiger charge is 2.31. The van der Waals surface area contributed by atoms with Gasteiger partial charge in [-0.3, -0.25) is 0 Å². The number of benzene rings is 4. The highest BCUT2D eigenvalue weighted by Crippen LogP contribution is 2.49. The minimum Gasteiger partial charge on any atom is -0.435 e. The maximum Gasteiger partial charge on any atom is 0.326 e. The third kappa shape index (κ3) is 8.20. The lowest BCUT2D eigenvalue weighted by molar-refractivity contribution is 0.462. The quantitative estimate of drug-likeness (QED) is 0.199. The number of hydrogen-bond donors (Lipinski definition) is 0. The molecule has 0 aliphatic heterocycles. The van der Waals surface area contributed by atoms with Crippen molar-refractivity contribution in [2.75, 3.05) is 0 Å². The molecule has 0 unspecified atom stereocenters. The summed E-state index contributed by atoms with van der Waals surface area (Å²) in [4.78, 5) is 0. The van der Waals surface area contributed by atoms with Crippen LogP contribution < -0.4 is 14.4 Å². The van der Waals surface area contributed by atoms with Gasteiger partial charge < -0.3 is 9.05 Å². The fraction of sp³-hybridized carbons (Fsp3) is 0.429. The van der Waals surface area contributed by atoms with Gasteiger partial charge in [-0.25, -0.2) is 0 Å². The average molecular weight is 623 g/mol. The molecule has 0 atom stereocenters. The van der Waals surface area contributed by atoms with Crippen LogP contribution in [0.5, 0.6) is 11.5 Å². The summed E-state index contributed by atoms with van der Waals surface area (Å²) in [5, 5.41) is 1.04. The van der Waals surface area contributed by atoms with Gasteiger partial charge in [0.15, 0.2) is 0 Å². The molecule has 0 bridgehead atoms. The summed E-state index contributed by atoms with van der Waals surface area (Å²) in [5.74, 6) is 1.85. The van der Waals surface area contributed by atoms with Crippen molar-refractivity contribution in [1.82, 2.24) is 0 Å². The molecule has 0 fully saturated rings. The molecule has 0 heterocycles. The van der Waals surface area contributed by atoms with E-state index < -0.39 is 8.38 Å². The summed E-state index contributed by atoms with van der Waals surface area (Å²) in [6.07, 6.45) is 0. The van der Waals surface area contributed by atoms with E-state index in [0.717, 1.165) is 27.9 Å². The zero-order valence-electron chi connectivity index (χ0n) is 30.3. The average Bonchev–Trinajstić information content (AvgIpc) is 2.92. The topological polar surface area (TPSA) is 18.5 Å². The van der Waals surface area contributed by atoms with E-state index in [-0.39, 0.29) is 21.7 Å². The van der Waals surface area contributed by atoms with Crippen molar-refractivity contribution >= 4 is 13.7 Å². The van der Waals surface area contributed by atoms with Crippen molar-refractivity contribution in [3.8, 4) is 22.6 Å². The molecule has 0 radical (unpaired) electrons. The minimum absolute atomic E-state index is 0.0331. The minimum atomic E-state index is -1.52. The second-order valence-electron chi connectivity index (χ2n) is 16.7.